The zero-order valence-corrected chi connectivity index (χ0v) is 15.1. The number of rotatable bonds is 4. The fraction of sp³-hybridized carbons (Fsp3) is 0.200. The second-order valence-electron chi connectivity index (χ2n) is 4.00. The maximum Gasteiger partial charge on any atom is 0.194 e. The van der Waals surface area contributed by atoms with Gasteiger partial charge in [-0.05, 0) is 24.1 Å². The number of halogens is 1. The average molecular weight is 377 g/mol. The van der Waals surface area contributed by atoms with Crippen molar-refractivity contribution >= 4 is 11.6 Å². The number of pyridine rings is 1. The Bertz CT molecular complexity index is 722. The van der Waals surface area contributed by atoms with E-state index >= 15 is 0 Å². The van der Waals surface area contributed by atoms with Crippen molar-refractivity contribution in [2.24, 2.45) is 0 Å². The summed E-state index contributed by atoms with van der Waals surface area (Å²) in [5.41, 5.74) is 1.24. The van der Waals surface area contributed by atoms with Gasteiger partial charge >= 0.3 is 0 Å². The maximum absolute atomic E-state index is 11.8. The normalized spacial score (nSPS) is 9.57. The predicted octanol–water partition coefficient (Wildman–Crippen LogP) is 2.89. The average Bonchev–Trinajstić information content (AvgIpc) is 2.45. The Hall–Kier alpha value is -1.15. The Labute approximate surface area is 153 Å². The topological polar surface area (TPSA) is 55.0 Å². The molecule has 1 heterocycles. The van der Waals surface area contributed by atoms with Crippen molar-refractivity contribution in [3.05, 3.63) is 51.8 Å². The first-order chi connectivity index (χ1) is 9.67. The molecule has 2 aromatic rings. The Morgan fingerprint density at radius 2 is 2.19 bits per heavy atom. The van der Waals surface area contributed by atoms with Gasteiger partial charge in [0.15, 0.2) is 12.2 Å². The van der Waals surface area contributed by atoms with Gasteiger partial charge in [-0.2, -0.15) is 17.4 Å². The van der Waals surface area contributed by atoms with Crippen molar-refractivity contribution < 1.29 is 37.4 Å². The Morgan fingerprint density at radius 3 is 2.81 bits per heavy atom. The van der Waals surface area contributed by atoms with Gasteiger partial charge in [0, 0.05) is 39.3 Å². The van der Waals surface area contributed by atoms with Crippen LogP contribution >= 0.6 is 11.6 Å². The van der Waals surface area contributed by atoms with Crippen LogP contribution in [0.3, 0.4) is 0 Å². The Morgan fingerprint density at radius 1 is 1.43 bits per heavy atom. The molecule has 6 heteroatoms. The van der Waals surface area contributed by atoms with Gasteiger partial charge in [-0.15, -0.1) is 6.07 Å². The van der Waals surface area contributed by atoms with E-state index in [1.165, 1.54) is 6.07 Å². The van der Waals surface area contributed by atoms with Crippen LogP contribution in [0, 0.1) is 17.4 Å². The van der Waals surface area contributed by atoms with Crippen molar-refractivity contribution in [1.82, 2.24) is 4.57 Å². The summed E-state index contributed by atoms with van der Waals surface area (Å²) in [7, 11) is 0. The fourth-order valence-electron chi connectivity index (χ4n) is 1.90. The van der Waals surface area contributed by atoms with E-state index < -0.39 is 0 Å². The number of benzene rings is 1. The van der Waals surface area contributed by atoms with E-state index in [4.69, 9.17) is 21.6 Å². The second kappa shape index (κ2) is 8.33. The third-order valence-corrected chi connectivity index (χ3v) is 3.11. The van der Waals surface area contributed by atoms with E-state index in [1.54, 1.807) is 28.8 Å². The van der Waals surface area contributed by atoms with Gasteiger partial charge in [0.2, 0.25) is 0 Å². The van der Waals surface area contributed by atoms with Gasteiger partial charge in [0.05, 0.1) is 0 Å². The second-order valence-corrected chi connectivity index (χ2v) is 4.40. The minimum atomic E-state index is -0.0953. The van der Waals surface area contributed by atoms with Crippen LogP contribution in [0.1, 0.15) is 6.92 Å². The van der Waals surface area contributed by atoms with Crippen molar-refractivity contribution in [3.63, 3.8) is 0 Å². The summed E-state index contributed by atoms with van der Waals surface area (Å²) in [4.78, 5) is 11.8. The molecule has 0 atom stereocenters. The molecule has 0 aliphatic rings. The van der Waals surface area contributed by atoms with Crippen LogP contribution in [0.2, 0.25) is 5.02 Å². The van der Waals surface area contributed by atoms with Crippen LogP contribution in [0.4, 0.5) is 0 Å². The molecular formula is C15H12ClN2O2Y-. The summed E-state index contributed by atoms with van der Waals surface area (Å²) in [6, 6.07) is 13.1. The zero-order valence-electron chi connectivity index (χ0n) is 11.5. The van der Waals surface area contributed by atoms with E-state index in [1.807, 2.05) is 13.0 Å². The molecule has 0 fully saturated rings. The first-order valence-electron chi connectivity index (χ1n) is 6.08. The Kier molecular flexibility index (Phi) is 7.11. The molecular weight excluding hydrogens is 365 g/mol. The first kappa shape index (κ1) is 17.9. The maximum atomic E-state index is 11.8. The minimum Gasteiger partial charge on any atom is -0.479 e. The van der Waals surface area contributed by atoms with Crippen LogP contribution in [0.25, 0.3) is 11.3 Å². The molecule has 0 aliphatic carbocycles. The smallest absolute Gasteiger partial charge is 0.194 e. The van der Waals surface area contributed by atoms with Gasteiger partial charge in [0.1, 0.15) is 11.8 Å². The van der Waals surface area contributed by atoms with E-state index in [2.05, 4.69) is 6.07 Å². The predicted molar refractivity (Wildman–Crippen MR) is 76.8 cm³/mol. The molecule has 0 unspecified atom stereocenters. The molecule has 0 amide bonds. The van der Waals surface area contributed by atoms with Crippen molar-refractivity contribution in [2.45, 2.75) is 13.5 Å². The van der Waals surface area contributed by atoms with E-state index in [-0.39, 0.29) is 44.9 Å². The summed E-state index contributed by atoms with van der Waals surface area (Å²) in [5.74, 6) is 0.515. The van der Waals surface area contributed by atoms with Gasteiger partial charge in [-0.1, -0.05) is 28.9 Å². The van der Waals surface area contributed by atoms with E-state index in [0.717, 1.165) is 0 Å². The minimum absolute atomic E-state index is 0. The van der Waals surface area contributed by atoms with Gasteiger partial charge in [0.25, 0.3) is 0 Å². The van der Waals surface area contributed by atoms with Gasteiger partial charge < -0.3 is 9.30 Å². The van der Waals surface area contributed by atoms with Crippen LogP contribution in [0.5, 0.6) is 5.75 Å². The van der Waals surface area contributed by atoms with Crippen molar-refractivity contribution in [1.29, 1.82) is 5.26 Å². The number of aromatic nitrogens is 1. The molecule has 0 aliphatic heterocycles. The summed E-state index contributed by atoms with van der Waals surface area (Å²) >= 11 is 6.23. The molecule has 1 radical (unpaired) electrons. The molecule has 0 bridgehead atoms. The summed E-state index contributed by atoms with van der Waals surface area (Å²) in [6.45, 7) is 2.39. The number of hydrogen-bond acceptors (Lipinski definition) is 3. The number of hydrogen-bond donors (Lipinski definition) is 0. The molecule has 2 rings (SSSR count). The largest absolute Gasteiger partial charge is 0.479 e. The quantitative estimate of drug-likeness (QED) is 0.771. The standard InChI is InChI=1S/C15H12ClN2O2.Y/c1-2-18-14(4-3-5-15(18)19)12-7-6-11(10-13(12)16)20-9-8-17;/h3,5-7,10H,2,9H2,1H3;/q-1;. The first-order valence-corrected chi connectivity index (χ1v) is 6.46. The number of nitriles is 1. The van der Waals surface area contributed by atoms with Crippen molar-refractivity contribution in [3.8, 4) is 23.1 Å². The molecule has 0 spiro atoms. The molecule has 1 aromatic heterocycles. The van der Waals surface area contributed by atoms with Crippen LogP contribution in [0.15, 0.2) is 35.1 Å². The van der Waals surface area contributed by atoms with Crippen LogP contribution in [-0.2, 0) is 39.3 Å². The summed E-state index contributed by atoms with van der Waals surface area (Å²) in [6.07, 6.45) is 0. The van der Waals surface area contributed by atoms with Crippen molar-refractivity contribution in [2.75, 3.05) is 6.61 Å². The summed E-state index contributed by atoms with van der Waals surface area (Å²) < 4.78 is 6.78. The van der Waals surface area contributed by atoms with Crippen LogP contribution < -0.4 is 10.3 Å². The van der Waals surface area contributed by atoms with Crippen LogP contribution in [-0.4, -0.2) is 11.2 Å². The SMILES string of the molecule is CCn1c(-c2ccc(OCC#N)cc2Cl)[c-]ccc1=O.[Y]. The summed E-state index contributed by atoms with van der Waals surface area (Å²) in [5, 5.41) is 8.93. The number of nitrogens with zero attached hydrogens (tertiary/aromatic N) is 2. The molecule has 0 saturated carbocycles. The third kappa shape index (κ3) is 4.17. The van der Waals surface area contributed by atoms with E-state index in [0.29, 0.717) is 28.6 Å². The molecule has 105 valence electrons. The molecule has 4 nitrogen and oxygen atoms in total. The van der Waals surface area contributed by atoms with Gasteiger partial charge in [-0.25, -0.2) is 0 Å². The number of ether oxygens (including phenoxy) is 1. The third-order valence-electron chi connectivity index (χ3n) is 2.80. The Balaban J connectivity index is 0.00000220. The fourth-order valence-corrected chi connectivity index (χ4v) is 2.16. The van der Waals surface area contributed by atoms with Gasteiger partial charge in [-0.3, -0.25) is 4.79 Å². The zero-order chi connectivity index (χ0) is 14.5. The molecule has 0 N–H and O–H groups in total. The monoisotopic (exact) mass is 376 g/mol. The molecule has 1 aromatic carbocycles. The molecule has 0 saturated heterocycles. The molecule has 21 heavy (non-hydrogen) atoms. The van der Waals surface area contributed by atoms with E-state index in [9.17, 15) is 4.79 Å².